The average molecular weight is 324 g/mol. The monoisotopic (exact) mass is 323 g/mol. The largest absolute Gasteiger partial charge is 0.481 e. The van der Waals surface area contributed by atoms with Gasteiger partial charge in [0, 0.05) is 14.9 Å². The van der Waals surface area contributed by atoms with Gasteiger partial charge in [-0.25, -0.2) is 4.98 Å². The highest BCUT2D eigenvalue weighted by atomic mass is 79.9. The van der Waals surface area contributed by atoms with Crippen LogP contribution in [-0.4, -0.2) is 16.1 Å². The molecule has 18 heavy (non-hydrogen) atoms. The zero-order valence-corrected chi connectivity index (χ0v) is 11.8. The molecule has 1 aliphatic carbocycles. The third kappa shape index (κ3) is 1.97. The van der Waals surface area contributed by atoms with Gasteiger partial charge in [-0.15, -0.1) is 11.3 Å². The molecule has 0 aliphatic heterocycles. The molecule has 1 heterocycles. The summed E-state index contributed by atoms with van der Waals surface area (Å²) in [5.41, 5.74) is 1.80. The molecule has 0 saturated heterocycles. The second-order valence-electron chi connectivity index (χ2n) is 4.27. The molecule has 5 heteroatoms. The van der Waals surface area contributed by atoms with Crippen LogP contribution in [0, 0.1) is 0 Å². The van der Waals surface area contributed by atoms with Gasteiger partial charge in [0.25, 0.3) is 0 Å². The Morgan fingerprint density at radius 3 is 3.06 bits per heavy atom. The van der Waals surface area contributed by atoms with Crippen molar-refractivity contribution >= 4 is 33.2 Å². The van der Waals surface area contributed by atoms with Crippen LogP contribution in [-0.2, 0) is 11.2 Å². The summed E-state index contributed by atoms with van der Waals surface area (Å²) in [4.78, 5) is 16.8. The van der Waals surface area contributed by atoms with Crippen LogP contribution in [0.3, 0.4) is 0 Å². The van der Waals surface area contributed by atoms with Crippen molar-refractivity contribution in [2.45, 2.75) is 18.8 Å². The van der Waals surface area contributed by atoms with E-state index in [9.17, 15) is 4.79 Å². The first-order valence-electron chi connectivity index (χ1n) is 5.63. The third-order valence-corrected chi connectivity index (χ3v) is 4.76. The Morgan fingerprint density at radius 1 is 1.50 bits per heavy atom. The summed E-state index contributed by atoms with van der Waals surface area (Å²) in [5.74, 6) is -1.18. The maximum absolute atomic E-state index is 11.1. The number of fused-ring (bicyclic) bond motifs is 1. The van der Waals surface area contributed by atoms with E-state index in [2.05, 4.69) is 20.9 Å². The maximum Gasteiger partial charge on any atom is 0.312 e. The van der Waals surface area contributed by atoms with Crippen LogP contribution >= 0.6 is 27.3 Å². The number of aliphatic carboxylic acids is 1. The summed E-state index contributed by atoms with van der Waals surface area (Å²) >= 11 is 5.04. The number of benzene rings is 1. The Balaban J connectivity index is 2.02. The van der Waals surface area contributed by atoms with E-state index in [1.54, 1.807) is 11.3 Å². The zero-order chi connectivity index (χ0) is 12.7. The topological polar surface area (TPSA) is 50.2 Å². The SMILES string of the molecule is O=C(O)C1CCc2sc(-c3cccc(Br)c3)nc21. The standard InChI is InChI=1S/C13H10BrNO2S/c14-8-3-1-2-7(6-8)12-15-11-9(13(16)17)4-5-10(11)18-12/h1-3,6,9H,4-5H2,(H,16,17). The molecule has 0 amide bonds. The number of halogens is 1. The lowest BCUT2D eigenvalue weighted by atomic mass is 10.1. The summed E-state index contributed by atoms with van der Waals surface area (Å²) in [6, 6.07) is 7.92. The van der Waals surface area contributed by atoms with E-state index in [0.717, 1.165) is 32.0 Å². The second-order valence-corrected chi connectivity index (χ2v) is 6.27. The van der Waals surface area contributed by atoms with E-state index >= 15 is 0 Å². The molecule has 0 bridgehead atoms. The van der Waals surface area contributed by atoms with Crippen LogP contribution in [0.5, 0.6) is 0 Å². The van der Waals surface area contributed by atoms with Crippen LogP contribution in [0.1, 0.15) is 22.9 Å². The summed E-state index contributed by atoms with van der Waals surface area (Å²) in [6.45, 7) is 0. The number of thiazole rings is 1. The molecule has 0 saturated carbocycles. The van der Waals surface area contributed by atoms with Crippen LogP contribution in [0.4, 0.5) is 0 Å². The highest BCUT2D eigenvalue weighted by Crippen LogP contribution is 2.40. The molecular weight excluding hydrogens is 314 g/mol. The Labute approximate surface area is 117 Å². The summed E-state index contributed by atoms with van der Waals surface area (Å²) in [5, 5.41) is 10.1. The van der Waals surface area contributed by atoms with Crippen LogP contribution in [0.2, 0.25) is 0 Å². The van der Waals surface area contributed by atoms with Crippen molar-refractivity contribution in [3.8, 4) is 10.6 Å². The van der Waals surface area contributed by atoms with Gasteiger partial charge in [-0.05, 0) is 25.0 Å². The van der Waals surface area contributed by atoms with E-state index in [1.807, 2.05) is 24.3 Å². The summed E-state index contributed by atoms with van der Waals surface area (Å²) in [6.07, 6.45) is 1.51. The van der Waals surface area contributed by atoms with Gasteiger partial charge in [0.05, 0.1) is 5.69 Å². The van der Waals surface area contributed by atoms with Gasteiger partial charge >= 0.3 is 5.97 Å². The number of carboxylic acids is 1. The van der Waals surface area contributed by atoms with Gasteiger partial charge in [0.1, 0.15) is 10.9 Å². The fraction of sp³-hybridized carbons (Fsp3) is 0.231. The minimum atomic E-state index is -0.764. The van der Waals surface area contributed by atoms with E-state index < -0.39 is 11.9 Å². The first kappa shape index (κ1) is 11.9. The Hall–Kier alpha value is -1.20. The van der Waals surface area contributed by atoms with Crippen LogP contribution in [0.15, 0.2) is 28.7 Å². The number of aromatic nitrogens is 1. The first-order chi connectivity index (χ1) is 8.65. The molecular formula is C13H10BrNO2S. The lowest BCUT2D eigenvalue weighted by Crippen LogP contribution is -2.08. The Kier molecular flexibility index (Phi) is 2.95. The maximum atomic E-state index is 11.1. The van der Waals surface area contributed by atoms with E-state index in [4.69, 9.17) is 5.11 Å². The molecule has 3 rings (SSSR count). The zero-order valence-electron chi connectivity index (χ0n) is 9.39. The highest BCUT2D eigenvalue weighted by molar-refractivity contribution is 9.10. The smallest absolute Gasteiger partial charge is 0.312 e. The van der Waals surface area contributed by atoms with Crippen molar-refractivity contribution in [1.29, 1.82) is 0 Å². The fourth-order valence-electron chi connectivity index (χ4n) is 2.21. The van der Waals surface area contributed by atoms with Crippen molar-refractivity contribution in [3.05, 3.63) is 39.3 Å². The molecule has 0 spiro atoms. The molecule has 1 atom stereocenters. The predicted octanol–water partition coefficient (Wildman–Crippen LogP) is 3.69. The predicted molar refractivity (Wildman–Crippen MR) is 73.9 cm³/mol. The third-order valence-electron chi connectivity index (χ3n) is 3.09. The number of hydrogen-bond acceptors (Lipinski definition) is 3. The van der Waals surface area contributed by atoms with Crippen molar-refractivity contribution in [3.63, 3.8) is 0 Å². The van der Waals surface area contributed by atoms with E-state index in [1.165, 1.54) is 0 Å². The van der Waals surface area contributed by atoms with Crippen molar-refractivity contribution in [2.75, 3.05) is 0 Å². The second kappa shape index (κ2) is 4.48. The number of rotatable bonds is 2. The highest BCUT2D eigenvalue weighted by Gasteiger charge is 2.32. The van der Waals surface area contributed by atoms with E-state index in [0.29, 0.717) is 6.42 Å². The summed E-state index contributed by atoms with van der Waals surface area (Å²) in [7, 11) is 0. The average Bonchev–Trinajstić information content (AvgIpc) is 2.87. The minimum Gasteiger partial charge on any atom is -0.481 e. The number of aryl methyl sites for hydroxylation is 1. The molecule has 1 aromatic heterocycles. The molecule has 1 N–H and O–H groups in total. The first-order valence-corrected chi connectivity index (χ1v) is 7.24. The molecule has 1 aliphatic rings. The van der Waals surface area contributed by atoms with Crippen LogP contribution < -0.4 is 0 Å². The number of hydrogen-bond donors (Lipinski definition) is 1. The van der Waals surface area contributed by atoms with Crippen molar-refractivity contribution < 1.29 is 9.90 Å². The Morgan fingerprint density at radius 2 is 2.33 bits per heavy atom. The Bertz CT molecular complexity index is 623. The molecule has 0 fully saturated rings. The van der Waals surface area contributed by atoms with Gasteiger partial charge < -0.3 is 5.11 Å². The number of nitrogens with zero attached hydrogens (tertiary/aromatic N) is 1. The van der Waals surface area contributed by atoms with Crippen LogP contribution in [0.25, 0.3) is 10.6 Å². The quantitative estimate of drug-likeness (QED) is 0.917. The van der Waals surface area contributed by atoms with Gasteiger partial charge in [0.15, 0.2) is 0 Å². The lowest BCUT2D eigenvalue weighted by molar-refractivity contribution is -0.138. The van der Waals surface area contributed by atoms with Gasteiger partial charge in [-0.2, -0.15) is 0 Å². The fourth-order valence-corrected chi connectivity index (χ4v) is 3.75. The van der Waals surface area contributed by atoms with Crippen molar-refractivity contribution in [1.82, 2.24) is 4.98 Å². The molecule has 1 aromatic carbocycles. The molecule has 92 valence electrons. The normalized spacial score (nSPS) is 17.7. The van der Waals surface area contributed by atoms with Crippen molar-refractivity contribution in [2.24, 2.45) is 0 Å². The minimum absolute atomic E-state index is 0.419. The molecule has 3 nitrogen and oxygen atoms in total. The number of carboxylic acid groups (broad SMARTS) is 1. The molecule has 0 radical (unpaired) electrons. The van der Waals surface area contributed by atoms with Gasteiger partial charge in [-0.3, -0.25) is 4.79 Å². The summed E-state index contributed by atoms with van der Waals surface area (Å²) < 4.78 is 1.00. The molecule has 1 unspecified atom stereocenters. The van der Waals surface area contributed by atoms with Gasteiger partial charge in [0.2, 0.25) is 0 Å². The van der Waals surface area contributed by atoms with E-state index in [-0.39, 0.29) is 0 Å². The number of carbonyl (C=O) groups is 1. The van der Waals surface area contributed by atoms with Gasteiger partial charge in [-0.1, -0.05) is 28.1 Å². The lowest BCUT2D eigenvalue weighted by Gasteiger charge is -2.01. The molecule has 2 aromatic rings.